The molecule has 0 radical (unpaired) electrons. The van der Waals surface area contributed by atoms with Gasteiger partial charge >= 0.3 is 0 Å². The van der Waals surface area contributed by atoms with Crippen molar-refractivity contribution < 1.29 is 8.78 Å². The van der Waals surface area contributed by atoms with E-state index in [4.69, 9.17) is 0 Å². The molecule has 1 atom stereocenters. The van der Waals surface area contributed by atoms with E-state index in [1.165, 1.54) is 0 Å². The fourth-order valence-corrected chi connectivity index (χ4v) is 1.80. The van der Waals surface area contributed by atoms with Crippen molar-refractivity contribution in [1.29, 1.82) is 0 Å². The summed E-state index contributed by atoms with van der Waals surface area (Å²) >= 11 is 0. The molecule has 14 heavy (non-hydrogen) atoms. The van der Waals surface area contributed by atoms with E-state index in [9.17, 15) is 8.78 Å². The van der Waals surface area contributed by atoms with E-state index in [1.54, 1.807) is 12.1 Å². The minimum absolute atomic E-state index is 0.0639. The minimum atomic E-state index is -2.60. The van der Waals surface area contributed by atoms with E-state index in [1.807, 2.05) is 19.1 Å². The standard InChI is InChI=1S/C11H13F2N/c1-8-2-4-9(5-3-8)10-11(12,13)6-7-14-10/h2-5,10,14H,6-7H2,1H3. The summed E-state index contributed by atoms with van der Waals surface area (Å²) in [4.78, 5) is 0. The Morgan fingerprint density at radius 1 is 1.29 bits per heavy atom. The molecule has 1 unspecified atom stereocenters. The second-order valence-electron chi connectivity index (χ2n) is 3.81. The molecule has 1 fully saturated rings. The molecule has 1 nitrogen and oxygen atoms in total. The molecule has 1 heterocycles. The molecule has 0 aromatic heterocycles. The van der Waals surface area contributed by atoms with E-state index in [2.05, 4.69) is 5.32 Å². The van der Waals surface area contributed by atoms with Gasteiger partial charge < -0.3 is 5.32 Å². The van der Waals surface area contributed by atoms with E-state index in [0.717, 1.165) is 5.56 Å². The van der Waals surface area contributed by atoms with E-state index < -0.39 is 12.0 Å². The Labute approximate surface area is 82.1 Å². The first-order valence-corrected chi connectivity index (χ1v) is 4.77. The maximum atomic E-state index is 13.3. The SMILES string of the molecule is Cc1ccc(C2NCCC2(F)F)cc1. The highest BCUT2D eigenvalue weighted by atomic mass is 19.3. The van der Waals surface area contributed by atoms with Gasteiger partial charge in [-0.1, -0.05) is 29.8 Å². The van der Waals surface area contributed by atoms with Crippen LogP contribution in [0, 0.1) is 6.92 Å². The van der Waals surface area contributed by atoms with Crippen LogP contribution in [-0.2, 0) is 0 Å². The average Bonchev–Trinajstić information content (AvgIpc) is 2.47. The van der Waals surface area contributed by atoms with Crippen molar-refractivity contribution in [2.24, 2.45) is 0 Å². The normalized spacial score (nSPS) is 25.2. The first kappa shape index (κ1) is 9.59. The molecule has 1 aromatic rings. The molecule has 2 rings (SSSR count). The van der Waals surface area contributed by atoms with E-state index >= 15 is 0 Å². The molecule has 0 amide bonds. The fourth-order valence-electron chi connectivity index (χ4n) is 1.80. The third-order valence-electron chi connectivity index (χ3n) is 2.64. The zero-order chi connectivity index (χ0) is 10.2. The van der Waals surface area contributed by atoms with Crippen LogP contribution in [0.3, 0.4) is 0 Å². The lowest BCUT2D eigenvalue weighted by Crippen LogP contribution is -2.26. The van der Waals surface area contributed by atoms with Gasteiger partial charge in [0.05, 0.1) is 6.04 Å². The summed E-state index contributed by atoms with van der Waals surface area (Å²) in [5.41, 5.74) is 1.77. The molecular weight excluding hydrogens is 184 g/mol. The van der Waals surface area contributed by atoms with Gasteiger partial charge in [0.2, 0.25) is 0 Å². The monoisotopic (exact) mass is 197 g/mol. The molecule has 1 aliphatic rings. The molecule has 1 aromatic carbocycles. The lowest BCUT2D eigenvalue weighted by Gasteiger charge is -2.19. The number of alkyl halides is 2. The number of halogens is 2. The molecular formula is C11H13F2N. The Morgan fingerprint density at radius 3 is 2.43 bits per heavy atom. The highest BCUT2D eigenvalue weighted by Crippen LogP contribution is 2.38. The smallest absolute Gasteiger partial charge is 0.268 e. The highest BCUT2D eigenvalue weighted by molar-refractivity contribution is 5.26. The Kier molecular flexibility index (Phi) is 2.27. The average molecular weight is 197 g/mol. The molecule has 3 heteroatoms. The van der Waals surface area contributed by atoms with E-state index in [0.29, 0.717) is 12.1 Å². The molecule has 76 valence electrons. The van der Waals surface area contributed by atoms with Crippen LogP contribution < -0.4 is 5.32 Å². The summed E-state index contributed by atoms with van der Waals surface area (Å²) < 4.78 is 26.7. The fraction of sp³-hybridized carbons (Fsp3) is 0.455. The van der Waals surface area contributed by atoms with Crippen LogP contribution in [0.1, 0.15) is 23.6 Å². The second-order valence-corrected chi connectivity index (χ2v) is 3.81. The van der Waals surface area contributed by atoms with Crippen LogP contribution in [0.4, 0.5) is 8.78 Å². The Hall–Kier alpha value is -0.960. The minimum Gasteiger partial charge on any atom is -0.305 e. The lowest BCUT2D eigenvalue weighted by atomic mass is 10.0. The molecule has 0 spiro atoms. The number of rotatable bonds is 1. The Morgan fingerprint density at radius 2 is 1.93 bits per heavy atom. The molecule has 1 saturated heterocycles. The van der Waals surface area contributed by atoms with Gasteiger partial charge in [0.1, 0.15) is 0 Å². The van der Waals surface area contributed by atoms with Crippen molar-refractivity contribution in [3.05, 3.63) is 35.4 Å². The maximum Gasteiger partial charge on any atom is 0.268 e. The number of hydrogen-bond acceptors (Lipinski definition) is 1. The highest BCUT2D eigenvalue weighted by Gasteiger charge is 2.44. The molecule has 1 aliphatic heterocycles. The number of hydrogen-bond donors (Lipinski definition) is 1. The van der Waals surface area contributed by atoms with Crippen molar-refractivity contribution in [1.82, 2.24) is 5.32 Å². The van der Waals surface area contributed by atoms with Crippen LogP contribution in [-0.4, -0.2) is 12.5 Å². The maximum absolute atomic E-state index is 13.3. The second kappa shape index (κ2) is 3.31. The first-order chi connectivity index (χ1) is 6.59. The van der Waals surface area contributed by atoms with Crippen LogP contribution >= 0.6 is 0 Å². The number of aryl methyl sites for hydroxylation is 1. The zero-order valence-corrected chi connectivity index (χ0v) is 8.06. The van der Waals surface area contributed by atoms with Crippen LogP contribution in [0.5, 0.6) is 0 Å². The lowest BCUT2D eigenvalue weighted by molar-refractivity contribution is -0.0117. The summed E-state index contributed by atoms with van der Waals surface area (Å²) in [6, 6.07) is 6.47. The number of nitrogens with one attached hydrogen (secondary N) is 1. The van der Waals surface area contributed by atoms with Gasteiger partial charge in [-0.2, -0.15) is 0 Å². The van der Waals surface area contributed by atoms with Crippen molar-refractivity contribution in [3.63, 3.8) is 0 Å². The predicted molar refractivity (Wildman–Crippen MR) is 51.5 cm³/mol. The van der Waals surface area contributed by atoms with Gasteiger partial charge in [0.15, 0.2) is 0 Å². The molecule has 0 bridgehead atoms. The van der Waals surface area contributed by atoms with Crippen LogP contribution in [0.15, 0.2) is 24.3 Å². The van der Waals surface area contributed by atoms with Gasteiger partial charge in [-0.15, -0.1) is 0 Å². The van der Waals surface area contributed by atoms with Crippen LogP contribution in [0.2, 0.25) is 0 Å². The Bertz CT molecular complexity index is 319. The topological polar surface area (TPSA) is 12.0 Å². The summed E-state index contributed by atoms with van der Waals surface area (Å²) in [7, 11) is 0. The largest absolute Gasteiger partial charge is 0.305 e. The quantitative estimate of drug-likeness (QED) is 0.729. The van der Waals surface area contributed by atoms with Gasteiger partial charge in [-0.3, -0.25) is 0 Å². The van der Waals surface area contributed by atoms with Gasteiger partial charge in [-0.05, 0) is 12.5 Å². The van der Waals surface area contributed by atoms with Crippen LogP contribution in [0.25, 0.3) is 0 Å². The predicted octanol–water partition coefficient (Wildman–Crippen LogP) is 2.66. The van der Waals surface area contributed by atoms with Crippen molar-refractivity contribution >= 4 is 0 Å². The third-order valence-corrected chi connectivity index (χ3v) is 2.64. The van der Waals surface area contributed by atoms with Gasteiger partial charge in [0, 0.05) is 13.0 Å². The number of benzene rings is 1. The Balaban J connectivity index is 2.27. The molecule has 1 N–H and O–H groups in total. The van der Waals surface area contributed by atoms with Crippen molar-refractivity contribution in [2.45, 2.75) is 25.3 Å². The zero-order valence-electron chi connectivity index (χ0n) is 8.06. The first-order valence-electron chi connectivity index (χ1n) is 4.77. The van der Waals surface area contributed by atoms with Gasteiger partial charge in [0.25, 0.3) is 5.92 Å². The van der Waals surface area contributed by atoms with Crippen molar-refractivity contribution in [3.8, 4) is 0 Å². The van der Waals surface area contributed by atoms with E-state index in [-0.39, 0.29) is 6.42 Å². The molecule has 0 saturated carbocycles. The summed E-state index contributed by atoms with van der Waals surface area (Å²) in [6.45, 7) is 2.34. The van der Waals surface area contributed by atoms with Crippen molar-refractivity contribution in [2.75, 3.05) is 6.54 Å². The van der Waals surface area contributed by atoms with Gasteiger partial charge in [-0.25, -0.2) is 8.78 Å². The molecule has 0 aliphatic carbocycles. The summed E-state index contributed by atoms with van der Waals surface area (Å²) in [5, 5.41) is 2.83. The third kappa shape index (κ3) is 1.64. The summed E-state index contributed by atoms with van der Waals surface area (Å²) in [6.07, 6.45) is -0.0639. The summed E-state index contributed by atoms with van der Waals surface area (Å²) in [5.74, 6) is -2.60.